The number of rotatable bonds is 8. The summed E-state index contributed by atoms with van der Waals surface area (Å²) in [7, 11) is 0. The Bertz CT molecular complexity index is 655. The molecule has 4 nitrogen and oxygen atoms in total. The van der Waals surface area contributed by atoms with Crippen LogP contribution in [0.25, 0.3) is 11.4 Å². The van der Waals surface area contributed by atoms with Gasteiger partial charge < -0.3 is 4.74 Å². The van der Waals surface area contributed by atoms with Crippen molar-refractivity contribution in [2.45, 2.75) is 32.6 Å². The van der Waals surface area contributed by atoms with Gasteiger partial charge in [-0.15, -0.1) is 0 Å². The second kappa shape index (κ2) is 9.37. The van der Waals surface area contributed by atoms with Gasteiger partial charge in [0, 0.05) is 5.56 Å². The average Bonchev–Trinajstić information content (AvgIpc) is 2.61. The molecule has 1 aromatic heterocycles. The Labute approximate surface area is 137 Å². The molecule has 2 rings (SSSR count). The van der Waals surface area contributed by atoms with E-state index in [1.54, 1.807) is 24.5 Å². The van der Waals surface area contributed by atoms with E-state index >= 15 is 0 Å². The molecule has 0 atom stereocenters. The highest BCUT2D eigenvalue weighted by molar-refractivity contribution is 5.56. The van der Waals surface area contributed by atoms with E-state index in [2.05, 4.69) is 35.1 Å². The predicted molar refractivity (Wildman–Crippen MR) is 91.0 cm³/mol. The van der Waals surface area contributed by atoms with Gasteiger partial charge in [-0.2, -0.15) is 5.26 Å². The SMILES string of the molecule is CC/C=C\CCCCOc1cnc(-c2ccc(C#N)cc2)nc1. The quantitative estimate of drug-likeness (QED) is 0.531. The first-order valence-electron chi connectivity index (χ1n) is 7.94. The summed E-state index contributed by atoms with van der Waals surface area (Å²) >= 11 is 0. The minimum absolute atomic E-state index is 0.627. The fraction of sp³-hybridized carbons (Fsp3) is 0.316. The Kier molecular flexibility index (Phi) is 6.80. The van der Waals surface area contributed by atoms with E-state index in [4.69, 9.17) is 10.00 Å². The van der Waals surface area contributed by atoms with Crippen molar-refractivity contribution in [3.63, 3.8) is 0 Å². The number of hydrogen-bond donors (Lipinski definition) is 0. The van der Waals surface area contributed by atoms with Crippen molar-refractivity contribution in [1.82, 2.24) is 9.97 Å². The Hall–Kier alpha value is -2.67. The third-order valence-electron chi connectivity index (χ3n) is 3.34. The standard InChI is InChI=1S/C19H21N3O/c1-2-3-4-5-6-7-12-23-18-14-21-19(22-15-18)17-10-8-16(13-20)9-11-17/h3-4,8-11,14-15H,2,5-7,12H2,1H3/b4-3-. The van der Waals surface area contributed by atoms with Crippen LogP contribution >= 0.6 is 0 Å². The predicted octanol–water partition coefficient (Wildman–Crippen LogP) is 4.53. The van der Waals surface area contributed by atoms with Crippen LogP contribution in [0.2, 0.25) is 0 Å². The van der Waals surface area contributed by atoms with Gasteiger partial charge in [-0.25, -0.2) is 9.97 Å². The minimum atomic E-state index is 0.627. The maximum Gasteiger partial charge on any atom is 0.159 e. The number of ether oxygens (including phenoxy) is 1. The van der Waals surface area contributed by atoms with E-state index in [0.717, 1.165) is 31.2 Å². The summed E-state index contributed by atoms with van der Waals surface area (Å²) in [5.74, 6) is 1.32. The highest BCUT2D eigenvalue weighted by Gasteiger charge is 2.02. The Balaban J connectivity index is 1.80. The molecule has 0 saturated carbocycles. The molecule has 23 heavy (non-hydrogen) atoms. The van der Waals surface area contributed by atoms with E-state index in [1.165, 1.54) is 0 Å². The average molecular weight is 307 g/mol. The zero-order valence-corrected chi connectivity index (χ0v) is 13.4. The van der Waals surface area contributed by atoms with E-state index in [0.29, 0.717) is 23.7 Å². The zero-order chi connectivity index (χ0) is 16.3. The van der Waals surface area contributed by atoms with Gasteiger partial charge in [0.15, 0.2) is 11.6 Å². The maximum atomic E-state index is 8.80. The van der Waals surface area contributed by atoms with Crippen molar-refractivity contribution >= 4 is 0 Å². The third kappa shape index (κ3) is 5.55. The summed E-state index contributed by atoms with van der Waals surface area (Å²) in [6, 6.07) is 9.31. The van der Waals surface area contributed by atoms with Crippen LogP contribution in [0, 0.1) is 11.3 Å². The van der Waals surface area contributed by atoms with Crippen LogP contribution < -0.4 is 4.74 Å². The van der Waals surface area contributed by atoms with Crippen LogP contribution in [0.15, 0.2) is 48.8 Å². The smallest absolute Gasteiger partial charge is 0.159 e. The van der Waals surface area contributed by atoms with E-state index in [1.807, 2.05) is 12.1 Å². The molecule has 0 aliphatic heterocycles. The summed E-state index contributed by atoms with van der Waals surface area (Å²) in [4.78, 5) is 8.63. The van der Waals surface area contributed by atoms with Crippen LogP contribution in [0.1, 0.15) is 38.2 Å². The van der Waals surface area contributed by atoms with Gasteiger partial charge in [0.05, 0.1) is 30.6 Å². The molecule has 0 fully saturated rings. The number of hydrogen-bond acceptors (Lipinski definition) is 4. The first kappa shape index (κ1) is 16.7. The number of unbranched alkanes of at least 4 members (excludes halogenated alkanes) is 2. The largest absolute Gasteiger partial charge is 0.490 e. The molecule has 118 valence electrons. The summed E-state index contributed by atoms with van der Waals surface area (Å²) < 4.78 is 5.65. The number of nitrogens with zero attached hydrogens (tertiary/aromatic N) is 3. The molecular weight excluding hydrogens is 286 g/mol. The van der Waals surface area contributed by atoms with Gasteiger partial charge in [-0.05, 0) is 49.9 Å². The topological polar surface area (TPSA) is 58.8 Å². The molecule has 0 amide bonds. The molecule has 4 heteroatoms. The second-order valence-corrected chi connectivity index (χ2v) is 5.16. The Morgan fingerprint density at radius 2 is 1.83 bits per heavy atom. The van der Waals surface area contributed by atoms with Crippen LogP contribution in [-0.4, -0.2) is 16.6 Å². The summed E-state index contributed by atoms with van der Waals surface area (Å²) in [6.45, 7) is 2.82. The van der Waals surface area contributed by atoms with Crippen molar-refractivity contribution in [3.8, 4) is 23.2 Å². The lowest BCUT2D eigenvalue weighted by Crippen LogP contribution is -1.99. The molecule has 0 spiro atoms. The van der Waals surface area contributed by atoms with Gasteiger partial charge in [0.1, 0.15) is 0 Å². The minimum Gasteiger partial charge on any atom is -0.490 e. The lowest BCUT2D eigenvalue weighted by Gasteiger charge is -2.06. The molecule has 1 aromatic carbocycles. The molecule has 0 aliphatic carbocycles. The van der Waals surface area contributed by atoms with Crippen LogP contribution in [0.3, 0.4) is 0 Å². The highest BCUT2D eigenvalue weighted by atomic mass is 16.5. The summed E-state index contributed by atoms with van der Waals surface area (Å²) in [5.41, 5.74) is 1.51. The molecule has 1 heterocycles. The van der Waals surface area contributed by atoms with Crippen molar-refractivity contribution in [1.29, 1.82) is 5.26 Å². The summed E-state index contributed by atoms with van der Waals surface area (Å²) in [6.07, 6.45) is 12.1. The zero-order valence-electron chi connectivity index (χ0n) is 13.4. The lowest BCUT2D eigenvalue weighted by atomic mass is 10.1. The van der Waals surface area contributed by atoms with Gasteiger partial charge in [-0.3, -0.25) is 0 Å². The molecule has 0 aliphatic rings. The van der Waals surface area contributed by atoms with Crippen LogP contribution in [0.5, 0.6) is 5.75 Å². The normalized spacial score (nSPS) is 10.6. The van der Waals surface area contributed by atoms with E-state index in [-0.39, 0.29) is 0 Å². The van der Waals surface area contributed by atoms with Gasteiger partial charge >= 0.3 is 0 Å². The molecule has 0 radical (unpaired) electrons. The van der Waals surface area contributed by atoms with Crippen molar-refractivity contribution in [2.75, 3.05) is 6.61 Å². The molecule has 2 aromatic rings. The van der Waals surface area contributed by atoms with E-state index < -0.39 is 0 Å². The molecule has 0 unspecified atom stereocenters. The first-order chi connectivity index (χ1) is 11.3. The number of benzene rings is 1. The molecule has 0 saturated heterocycles. The first-order valence-corrected chi connectivity index (χ1v) is 7.94. The second-order valence-electron chi connectivity index (χ2n) is 5.16. The van der Waals surface area contributed by atoms with E-state index in [9.17, 15) is 0 Å². The monoisotopic (exact) mass is 307 g/mol. The Morgan fingerprint density at radius 3 is 2.48 bits per heavy atom. The van der Waals surface area contributed by atoms with Crippen molar-refractivity contribution in [3.05, 3.63) is 54.4 Å². The van der Waals surface area contributed by atoms with Gasteiger partial charge in [-0.1, -0.05) is 19.1 Å². The van der Waals surface area contributed by atoms with Gasteiger partial charge in [0.25, 0.3) is 0 Å². The number of aromatic nitrogens is 2. The Morgan fingerprint density at radius 1 is 1.09 bits per heavy atom. The lowest BCUT2D eigenvalue weighted by molar-refractivity contribution is 0.305. The van der Waals surface area contributed by atoms with Crippen molar-refractivity contribution in [2.24, 2.45) is 0 Å². The van der Waals surface area contributed by atoms with Gasteiger partial charge in [0.2, 0.25) is 0 Å². The van der Waals surface area contributed by atoms with Crippen molar-refractivity contribution < 1.29 is 4.74 Å². The maximum absolute atomic E-state index is 8.80. The fourth-order valence-corrected chi connectivity index (χ4v) is 2.07. The molecule has 0 N–H and O–H groups in total. The molecule has 0 bridgehead atoms. The third-order valence-corrected chi connectivity index (χ3v) is 3.34. The molecular formula is C19H21N3O. The number of nitriles is 1. The fourth-order valence-electron chi connectivity index (χ4n) is 2.07. The van der Waals surface area contributed by atoms with Crippen LogP contribution in [0.4, 0.5) is 0 Å². The summed E-state index contributed by atoms with van der Waals surface area (Å²) in [5, 5.41) is 8.80. The number of allylic oxidation sites excluding steroid dienone is 2. The highest BCUT2D eigenvalue weighted by Crippen LogP contribution is 2.17. The van der Waals surface area contributed by atoms with Crippen LogP contribution in [-0.2, 0) is 0 Å².